The molecule has 19 heavy (non-hydrogen) atoms. The van der Waals surface area contributed by atoms with Crippen molar-refractivity contribution < 1.29 is 9.47 Å². The van der Waals surface area contributed by atoms with Gasteiger partial charge in [-0.15, -0.1) is 0 Å². The van der Waals surface area contributed by atoms with Crippen molar-refractivity contribution in [2.45, 2.75) is 6.42 Å². The Morgan fingerprint density at radius 1 is 1.00 bits per heavy atom. The van der Waals surface area contributed by atoms with Gasteiger partial charge in [0.15, 0.2) is 11.5 Å². The van der Waals surface area contributed by atoms with E-state index in [4.69, 9.17) is 21.1 Å². The molecule has 0 amide bonds. The van der Waals surface area contributed by atoms with Crippen molar-refractivity contribution in [3.63, 3.8) is 0 Å². The average Bonchev–Trinajstić information content (AvgIpc) is 2.43. The molecule has 0 atom stereocenters. The third-order valence-electron chi connectivity index (χ3n) is 3.01. The van der Waals surface area contributed by atoms with Gasteiger partial charge in [0.05, 0.1) is 0 Å². The lowest BCUT2D eigenvalue weighted by Gasteiger charge is -2.19. The predicted octanol–water partition coefficient (Wildman–Crippen LogP) is 4.31. The van der Waals surface area contributed by atoms with Gasteiger partial charge in [0.25, 0.3) is 0 Å². The van der Waals surface area contributed by atoms with Crippen molar-refractivity contribution in [2.24, 2.45) is 0 Å². The summed E-state index contributed by atoms with van der Waals surface area (Å²) < 4.78 is 12.3. The molecule has 0 spiro atoms. The Labute approximate surface area is 130 Å². The standard InChI is InChI=1S/C15H12ClIO2/c16-13-3-2-12(17)9-11(13)7-10-1-4-14-15(8-10)19-6-5-18-14/h1-4,8-9H,5-7H2. The highest BCUT2D eigenvalue weighted by Crippen LogP contribution is 2.32. The molecular weight excluding hydrogens is 375 g/mol. The second-order valence-corrected chi connectivity index (χ2v) is 6.04. The average molecular weight is 387 g/mol. The molecule has 0 N–H and O–H groups in total. The van der Waals surface area contributed by atoms with E-state index in [-0.39, 0.29) is 0 Å². The van der Waals surface area contributed by atoms with Gasteiger partial charge in [-0.25, -0.2) is 0 Å². The van der Waals surface area contributed by atoms with Crippen LogP contribution >= 0.6 is 34.2 Å². The molecular formula is C15H12ClIO2. The minimum atomic E-state index is 0.612. The first kappa shape index (κ1) is 13.1. The van der Waals surface area contributed by atoms with E-state index < -0.39 is 0 Å². The topological polar surface area (TPSA) is 18.5 Å². The van der Waals surface area contributed by atoms with Crippen LogP contribution in [0.3, 0.4) is 0 Å². The van der Waals surface area contributed by atoms with Crippen molar-refractivity contribution >= 4 is 34.2 Å². The minimum Gasteiger partial charge on any atom is -0.486 e. The number of hydrogen-bond acceptors (Lipinski definition) is 2. The SMILES string of the molecule is Clc1ccc(I)cc1Cc1ccc2c(c1)OCCO2. The van der Waals surface area contributed by atoms with Gasteiger partial charge in [0.2, 0.25) is 0 Å². The largest absolute Gasteiger partial charge is 0.486 e. The van der Waals surface area contributed by atoms with Crippen molar-refractivity contribution in [1.29, 1.82) is 0 Å². The Morgan fingerprint density at radius 2 is 1.79 bits per heavy atom. The summed E-state index contributed by atoms with van der Waals surface area (Å²) in [4.78, 5) is 0. The van der Waals surface area contributed by atoms with Crippen LogP contribution < -0.4 is 9.47 Å². The van der Waals surface area contributed by atoms with Crippen molar-refractivity contribution in [3.05, 3.63) is 56.1 Å². The van der Waals surface area contributed by atoms with E-state index in [0.717, 1.165) is 28.5 Å². The zero-order valence-electron chi connectivity index (χ0n) is 10.2. The maximum atomic E-state index is 6.23. The fraction of sp³-hybridized carbons (Fsp3) is 0.200. The van der Waals surface area contributed by atoms with Crippen molar-refractivity contribution in [3.8, 4) is 11.5 Å². The molecule has 0 saturated heterocycles. The zero-order valence-corrected chi connectivity index (χ0v) is 13.1. The van der Waals surface area contributed by atoms with Gasteiger partial charge in [-0.3, -0.25) is 0 Å². The highest BCUT2D eigenvalue weighted by Gasteiger charge is 2.12. The first-order valence-corrected chi connectivity index (χ1v) is 7.50. The van der Waals surface area contributed by atoms with E-state index in [1.54, 1.807) is 0 Å². The van der Waals surface area contributed by atoms with Crippen LogP contribution in [0.2, 0.25) is 5.02 Å². The Balaban J connectivity index is 1.89. The number of rotatable bonds is 2. The summed E-state index contributed by atoms with van der Waals surface area (Å²) in [6.07, 6.45) is 0.798. The Bertz CT molecular complexity index is 613. The summed E-state index contributed by atoms with van der Waals surface area (Å²) in [6.45, 7) is 1.23. The maximum Gasteiger partial charge on any atom is 0.161 e. The molecule has 3 rings (SSSR count). The van der Waals surface area contributed by atoms with E-state index in [1.165, 1.54) is 9.13 Å². The molecule has 0 radical (unpaired) electrons. The van der Waals surface area contributed by atoms with Crippen molar-refractivity contribution in [1.82, 2.24) is 0 Å². The van der Waals surface area contributed by atoms with E-state index in [1.807, 2.05) is 24.3 Å². The van der Waals surface area contributed by atoms with Crippen LogP contribution in [0.15, 0.2) is 36.4 Å². The van der Waals surface area contributed by atoms with Gasteiger partial charge in [-0.05, 0) is 70.5 Å². The van der Waals surface area contributed by atoms with Crippen LogP contribution in [-0.2, 0) is 6.42 Å². The normalized spacial score (nSPS) is 13.4. The summed E-state index contributed by atoms with van der Waals surface area (Å²) in [5, 5.41) is 0.801. The molecule has 2 nitrogen and oxygen atoms in total. The molecule has 0 aromatic heterocycles. The fourth-order valence-corrected chi connectivity index (χ4v) is 2.84. The molecule has 1 aliphatic rings. The summed E-state index contributed by atoms with van der Waals surface area (Å²) in [7, 11) is 0. The van der Waals surface area contributed by atoms with Gasteiger partial charge in [-0.2, -0.15) is 0 Å². The number of halogens is 2. The molecule has 1 heterocycles. The third kappa shape index (κ3) is 2.98. The second kappa shape index (κ2) is 5.59. The zero-order chi connectivity index (χ0) is 13.2. The minimum absolute atomic E-state index is 0.612. The number of benzene rings is 2. The number of ether oxygens (including phenoxy) is 2. The Morgan fingerprint density at radius 3 is 2.63 bits per heavy atom. The van der Waals surface area contributed by atoms with Gasteiger partial charge >= 0.3 is 0 Å². The third-order valence-corrected chi connectivity index (χ3v) is 4.05. The highest BCUT2D eigenvalue weighted by molar-refractivity contribution is 14.1. The van der Waals surface area contributed by atoms with E-state index in [2.05, 4.69) is 34.7 Å². The molecule has 0 unspecified atom stereocenters. The quantitative estimate of drug-likeness (QED) is 0.716. The Kier molecular flexibility index (Phi) is 3.84. The first-order chi connectivity index (χ1) is 9.22. The Hall–Kier alpha value is -0.940. The highest BCUT2D eigenvalue weighted by atomic mass is 127. The lowest BCUT2D eigenvalue weighted by atomic mass is 10.0. The molecule has 2 aromatic carbocycles. The molecule has 1 aliphatic heterocycles. The smallest absolute Gasteiger partial charge is 0.161 e. The van der Waals surface area contributed by atoms with Gasteiger partial charge in [0, 0.05) is 8.59 Å². The van der Waals surface area contributed by atoms with E-state index in [9.17, 15) is 0 Å². The number of fused-ring (bicyclic) bond motifs is 1. The lowest BCUT2D eigenvalue weighted by Crippen LogP contribution is -2.15. The van der Waals surface area contributed by atoms with Crippen LogP contribution in [0.1, 0.15) is 11.1 Å². The van der Waals surface area contributed by atoms with E-state index in [0.29, 0.717) is 13.2 Å². The predicted molar refractivity (Wildman–Crippen MR) is 84.4 cm³/mol. The summed E-state index contributed by atoms with van der Waals surface area (Å²) in [5.74, 6) is 1.65. The van der Waals surface area contributed by atoms with E-state index >= 15 is 0 Å². The molecule has 0 fully saturated rings. The fourth-order valence-electron chi connectivity index (χ4n) is 2.10. The van der Waals surface area contributed by atoms with Crippen LogP contribution in [0.25, 0.3) is 0 Å². The van der Waals surface area contributed by atoms with Crippen LogP contribution in [0.4, 0.5) is 0 Å². The lowest BCUT2D eigenvalue weighted by molar-refractivity contribution is 0.171. The second-order valence-electron chi connectivity index (χ2n) is 4.39. The maximum absolute atomic E-state index is 6.23. The van der Waals surface area contributed by atoms with Gasteiger partial charge < -0.3 is 9.47 Å². The molecule has 0 bridgehead atoms. The summed E-state index contributed by atoms with van der Waals surface area (Å²) in [6, 6.07) is 12.1. The number of hydrogen-bond donors (Lipinski definition) is 0. The van der Waals surface area contributed by atoms with Gasteiger partial charge in [-0.1, -0.05) is 17.7 Å². The molecule has 4 heteroatoms. The van der Waals surface area contributed by atoms with Crippen LogP contribution in [-0.4, -0.2) is 13.2 Å². The van der Waals surface area contributed by atoms with Gasteiger partial charge in [0.1, 0.15) is 13.2 Å². The van der Waals surface area contributed by atoms with Crippen LogP contribution in [0, 0.1) is 3.57 Å². The summed E-state index contributed by atoms with van der Waals surface area (Å²) in [5.41, 5.74) is 2.30. The monoisotopic (exact) mass is 386 g/mol. The summed E-state index contributed by atoms with van der Waals surface area (Å²) >= 11 is 8.53. The first-order valence-electron chi connectivity index (χ1n) is 6.05. The van der Waals surface area contributed by atoms with Crippen molar-refractivity contribution in [2.75, 3.05) is 13.2 Å². The molecule has 98 valence electrons. The molecule has 0 saturated carbocycles. The molecule has 0 aliphatic carbocycles. The molecule has 2 aromatic rings. The van der Waals surface area contributed by atoms with Crippen LogP contribution in [0.5, 0.6) is 11.5 Å².